The largest absolute Gasteiger partial charge is 0.295 e. The minimum Gasteiger partial charge on any atom is -0.295 e. The van der Waals surface area contributed by atoms with E-state index in [1.54, 1.807) is 12.2 Å². The lowest BCUT2D eigenvalue weighted by Crippen LogP contribution is -2.26. The Bertz CT molecular complexity index is 345. The van der Waals surface area contributed by atoms with Gasteiger partial charge in [-0.25, -0.2) is 0 Å². The van der Waals surface area contributed by atoms with E-state index < -0.39 is 0 Å². The van der Waals surface area contributed by atoms with E-state index in [-0.39, 0.29) is 11.2 Å². The quantitative estimate of drug-likeness (QED) is 0.505. The highest BCUT2D eigenvalue weighted by Gasteiger charge is 2.30. The highest BCUT2D eigenvalue weighted by Crippen LogP contribution is 2.41. The molecule has 0 spiro atoms. The number of carbonyl (C=O) groups is 1. The zero-order chi connectivity index (χ0) is 12.9. The van der Waals surface area contributed by atoms with E-state index in [0.29, 0.717) is 12.3 Å². The first-order chi connectivity index (χ1) is 7.97. The van der Waals surface area contributed by atoms with Gasteiger partial charge in [0.05, 0.1) is 0 Å². The number of carbonyl (C=O) groups excluding carboxylic acids is 1. The molecule has 94 valence electrons. The summed E-state index contributed by atoms with van der Waals surface area (Å²) in [6.07, 6.45) is 11.7. The van der Waals surface area contributed by atoms with Crippen molar-refractivity contribution in [3.05, 3.63) is 36.5 Å². The lowest BCUT2D eigenvalue weighted by atomic mass is 9.68. The minimum atomic E-state index is 0.207. The molecule has 0 bridgehead atoms. The number of ketones is 1. The number of allylic oxidation sites excluding steroid dienone is 5. The van der Waals surface area contributed by atoms with Crippen LogP contribution >= 0.6 is 0 Å². The van der Waals surface area contributed by atoms with E-state index in [4.69, 9.17) is 0 Å². The monoisotopic (exact) mass is 232 g/mol. The van der Waals surface area contributed by atoms with Crippen LogP contribution in [0.4, 0.5) is 0 Å². The Labute approximate surface area is 105 Å². The number of rotatable bonds is 5. The lowest BCUT2D eigenvalue weighted by molar-refractivity contribution is -0.114. The first-order valence-corrected chi connectivity index (χ1v) is 6.46. The number of hydrogen-bond acceptors (Lipinski definition) is 1. The van der Waals surface area contributed by atoms with Crippen molar-refractivity contribution in [2.24, 2.45) is 11.3 Å². The highest BCUT2D eigenvalue weighted by molar-refractivity contribution is 5.89. The molecule has 1 aliphatic carbocycles. The Morgan fingerprint density at radius 1 is 1.59 bits per heavy atom. The zero-order valence-corrected chi connectivity index (χ0v) is 11.3. The zero-order valence-electron chi connectivity index (χ0n) is 11.3. The van der Waals surface area contributed by atoms with E-state index in [1.165, 1.54) is 12.0 Å². The van der Waals surface area contributed by atoms with Gasteiger partial charge in [-0.3, -0.25) is 4.79 Å². The second kappa shape index (κ2) is 6.00. The molecule has 0 saturated carbocycles. The second-order valence-electron chi connectivity index (χ2n) is 5.61. The molecule has 1 rings (SSSR count). The van der Waals surface area contributed by atoms with Gasteiger partial charge < -0.3 is 0 Å². The third kappa shape index (κ3) is 3.99. The van der Waals surface area contributed by atoms with E-state index in [2.05, 4.69) is 39.5 Å². The van der Waals surface area contributed by atoms with Gasteiger partial charge in [-0.05, 0) is 37.7 Å². The van der Waals surface area contributed by atoms with Crippen LogP contribution in [0.1, 0.15) is 46.5 Å². The Morgan fingerprint density at radius 2 is 2.29 bits per heavy atom. The van der Waals surface area contributed by atoms with Crippen LogP contribution in [-0.4, -0.2) is 5.78 Å². The summed E-state index contributed by atoms with van der Waals surface area (Å²) < 4.78 is 0. The highest BCUT2D eigenvalue weighted by atomic mass is 16.1. The maximum absolute atomic E-state index is 11.6. The molecule has 0 aromatic carbocycles. The van der Waals surface area contributed by atoms with Crippen molar-refractivity contribution in [1.29, 1.82) is 0 Å². The fourth-order valence-electron chi connectivity index (χ4n) is 2.51. The van der Waals surface area contributed by atoms with Gasteiger partial charge in [-0.1, -0.05) is 37.6 Å². The summed E-state index contributed by atoms with van der Waals surface area (Å²) >= 11 is 0. The standard InChI is InChI=1S/C16H24O/c1-5-6-9-14(17)10-11-15-13(2)8-7-12-16(15,3)4/h5,8,10-11,15H,1,6-7,9,12H2,2-4H3/t15-/m0/s1. The van der Waals surface area contributed by atoms with E-state index in [1.807, 2.05) is 0 Å². The van der Waals surface area contributed by atoms with E-state index in [0.717, 1.165) is 12.8 Å². The maximum Gasteiger partial charge on any atom is 0.155 e. The van der Waals surface area contributed by atoms with Gasteiger partial charge in [0.2, 0.25) is 0 Å². The van der Waals surface area contributed by atoms with Crippen molar-refractivity contribution in [3.63, 3.8) is 0 Å². The van der Waals surface area contributed by atoms with Crippen molar-refractivity contribution < 1.29 is 4.79 Å². The van der Waals surface area contributed by atoms with Crippen LogP contribution in [0.25, 0.3) is 0 Å². The predicted octanol–water partition coefficient (Wildman–Crippen LogP) is 4.46. The Kier molecular flexibility index (Phi) is 4.92. The molecule has 0 aromatic rings. The van der Waals surface area contributed by atoms with Crippen molar-refractivity contribution in [1.82, 2.24) is 0 Å². The van der Waals surface area contributed by atoms with Gasteiger partial charge >= 0.3 is 0 Å². The normalized spacial score (nSPS) is 23.5. The Hall–Kier alpha value is -1.11. The van der Waals surface area contributed by atoms with Crippen LogP contribution < -0.4 is 0 Å². The average Bonchev–Trinajstić information content (AvgIpc) is 2.24. The van der Waals surface area contributed by atoms with Crippen molar-refractivity contribution in [3.8, 4) is 0 Å². The topological polar surface area (TPSA) is 17.1 Å². The van der Waals surface area contributed by atoms with Crippen LogP contribution in [-0.2, 0) is 4.79 Å². The molecule has 0 unspecified atom stereocenters. The van der Waals surface area contributed by atoms with Gasteiger partial charge in [-0.15, -0.1) is 6.58 Å². The van der Waals surface area contributed by atoms with Gasteiger partial charge in [0.15, 0.2) is 5.78 Å². The summed E-state index contributed by atoms with van der Waals surface area (Å²) in [6, 6.07) is 0. The summed E-state index contributed by atoms with van der Waals surface area (Å²) in [6.45, 7) is 10.4. The second-order valence-corrected chi connectivity index (χ2v) is 5.61. The van der Waals surface area contributed by atoms with Gasteiger partial charge in [0.1, 0.15) is 0 Å². The van der Waals surface area contributed by atoms with Crippen LogP contribution in [0.3, 0.4) is 0 Å². The fourth-order valence-corrected chi connectivity index (χ4v) is 2.51. The fraction of sp³-hybridized carbons (Fsp3) is 0.562. The molecular weight excluding hydrogens is 208 g/mol. The maximum atomic E-state index is 11.6. The van der Waals surface area contributed by atoms with E-state index >= 15 is 0 Å². The molecule has 0 saturated heterocycles. The van der Waals surface area contributed by atoms with Gasteiger partial charge in [-0.2, -0.15) is 0 Å². The summed E-state index contributed by atoms with van der Waals surface area (Å²) in [5.41, 5.74) is 1.67. The minimum absolute atomic E-state index is 0.207. The van der Waals surface area contributed by atoms with Crippen molar-refractivity contribution in [2.45, 2.75) is 46.5 Å². The molecule has 0 N–H and O–H groups in total. The third-order valence-corrected chi connectivity index (χ3v) is 3.66. The summed E-state index contributed by atoms with van der Waals surface area (Å²) in [5, 5.41) is 0. The predicted molar refractivity (Wildman–Crippen MR) is 73.8 cm³/mol. The first-order valence-electron chi connectivity index (χ1n) is 6.46. The van der Waals surface area contributed by atoms with Crippen LogP contribution in [0.15, 0.2) is 36.5 Å². The molecule has 1 atom stereocenters. The molecule has 0 aliphatic heterocycles. The lowest BCUT2D eigenvalue weighted by Gasteiger charge is -2.36. The molecule has 1 aliphatic rings. The van der Waals surface area contributed by atoms with Crippen LogP contribution in [0.2, 0.25) is 0 Å². The average molecular weight is 232 g/mol. The molecule has 1 nitrogen and oxygen atoms in total. The van der Waals surface area contributed by atoms with Crippen LogP contribution in [0, 0.1) is 11.3 Å². The molecule has 0 heterocycles. The number of hydrogen-bond donors (Lipinski definition) is 0. The molecule has 0 radical (unpaired) electrons. The summed E-state index contributed by atoms with van der Waals surface area (Å²) in [5.74, 6) is 0.614. The molecule has 17 heavy (non-hydrogen) atoms. The SMILES string of the molecule is C=CCCC(=O)C=C[C@H]1C(C)=CCCC1(C)C. The molecule has 0 fully saturated rings. The Morgan fingerprint density at radius 3 is 2.88 bits per heavy atom. The molecule has 0 amide bonds. The van der Waals surface area contributed by atoms with Gasteiger partial charge in [0, 0.05) is 12.3 Å². The van der Waals surface area contributed by atoms with E-state index in [9.17, 15) is 4.79 Å². The third-order valence-electron chi connectivity index (χ3n) is 3.66. The molecule has 0 aromatic heterocycles. The summed E-state index contributed by atoms with van der Waals surface area (Å²) in [7, 11) is 0. The summed E-state index contributed by atoms with van der Waals surface area (Å²) in [4.78, 5) is 11.6. The molecular formula is C16H24O. The molecule has 1 heteroatoms. The smallest absolute Gasteiger partial charge is 0.155 e. The first kappa shape index (κ1) is 14.0. The van der Waals surface area contributed by atoms with Crippen LogP contribution in [0.5, 0.6) is 0 Å². The van der Waals surface area contributed by atoms with Crippen molar-refractivity contribution >= 4 is 5.78 Å². The Balaban J connectivity index is 2.68. The van der Waals surface area contributed by atoms with Crippen molar-refractivity contribution in [2.75, 3.05) is 0 Å². The van der Waals surface area contributed by atoms with Gasteiger partial charge in [0.25, 0.3) is 0 Å².